The van der Waals surface area contributed by atoms with Gasteiger partial charge in [-0.1, -0.05) is 37.6 Å². The van der Waals surface area contributed by atoms with Crippen LogP contribution in [0.1, 0.15) is 25.3 Å². The van der Waals surface area contributed by atoms with E-state index in [4.69, 9.17) is 4.74 Å². The van der Waals surface area contributed by atoms with Crippen molar-refractivity contribution >= 4 is 0 Å². The molecule has 0 saturated heterocycles. The first-order chi connectivity index (χ1) is 9.67. The van der Waals surface area contributed by atoms with E-state index in [2.05, 4.69) is 18.4 Å². The second-order valence-corrected chi connectivity index (χ2v) is 5.18. The average molecular weight is 277 g/mol. The maximum atomic E-state index is 10.0. The summed E-state index contributed by atoms with van der Waals surface area (Å²) in [6.07, 6.45) is 4.51. The highest BCUT2D eigenvalue weighted by Crippen LogP contribution is 2.18. The molecule has 3 heteroatoms. The van der Waals surface area contributed by atoms with E-state index in [9.17, 15) is 5.11 Å². The molecular formula is C17H27NO2. The Labute approximate surface area is 122 Å². The van der Waals surface area contributed by atoms with Crippen LogP contribution in [0.25, 0.3) is 0 Å². The molecule has 0 aromatic heterocycles. The predicted molar refractivity (Wildman–Crippen MR) is 84.2 cm³/mol. The number of allylic oxidation sites excluding steroid dienone is 1. The third-order valence-corrected chi connectivity index (χ3v) is 3.18. The lowest BCUT2D eigenvalue weighted by atomic mass is 10.1. The number of hydrogen-bond acceptors (Lipinski definition) is 3. The highest BCUT2D eigenvalue weighted by molar-refractivity contribution is 5.34. The minimum Gasteiger partial charge on any atom is -0.491 e. The molecule has 0 radical (unpaired) electrons. The fourth-order valence-corrected chi connectivity index (χ4v) is 2.09. The lowest BCUT2D eigenvalue weighted by molar-refractivity contribution is 0.0757. The van der Waals surface area contributed by atoms with Gasteiger partial charge >= 0.3 is 0 Å². The van der Waals surface area contributed by atoms with Gasteiger partial charge in [-0.05, 0) is 38.1 Å². The van der Waals surface area contributed by atoms with Gasteiger partial charge in [0, 0.05) is 6.54 Å². The molecule has 0 bridgehead atoms. The third kappa shape index (κ3) is 6.22. The molecule has 0 fully saturated rings. The van der Waals surface area contributed by atoms with Crippen molar-refractivity contribution in [2.24, 2.45) is 0 Å². The molecule has 0 aliphatic carbocycles. The molecule has 112 valence electrons. The quantitative estimate of drug-likeness (QED) is 0.668. The van der Waals surface area contributed by atoms with Crippen molar-refractivity contribution in [1.82, 2.24) is 4.90 Å². The van der Waals surface area contributed by atoms with Gasteiger partial charge in [-0.3, -0.25) is 0 Å². The number of hydrogen-bond donors (Lipinski definition) is 1. The van der Waals surface area contributed by atoms with Gasteiger partial charge in [0.25, 0.3) is 0 Å². The van der Waals surface area contributed by atoms with Gasteiger partial charge in [-0.15, -0.1) is 6.58 Å². The smallest absolute Gasteiger partial charge is 0.122 e. The molecule has 3 nitrogen and oxygen atoms in total. The van der Waals surface area contributed by atoms with E-state index in [-0.39, 0.29) is 0 Å². The molecule has 1 rings (SSSR count). The van der Waals surface area contributed by atoms with Crippen LogP contribution in [0.2, 0.25) is 0 Å². The first-order valence-electron chi connectivity index (χ1n) is 7.35. The van der Waals surface area contributed by atoms with E-state index in [1.807, 2.05) is 37.4 Å². The molecule has 0 aliphatic heterocycles. The molecule has 0 heterocycles. The summed E-state index contributed by atoms with van der Waals surface area (Å²) in [6, 6.07) is 7.89. The zero-order valence-corrected chi connectivity index (χ0v) is 12.7. The minimum atomic E-state index is -0.464. The van der Waals surface area contributed by atoms with Gasteiger partial charge < -0.3 is 14.7 Å². The number of benzene rings is 1. The van der Waals surface area contributed by atoms with Crippen molar-refractivity contribution in [3.63, 3.8) is 0 Å². The second-order valence-electron chi connectivity index (χ2n) is 5.18. The number of unbranched alkanes of at least 4 members (excludes halogenated alkanes) is 1. The van der Waals surface area contributed by atoms with Crippen molar-refractivity contribution in [2.75, 3.05) is 26.7 Å². The summed E-state index contributed by atoms with van der Waals surface area (Å²) in [4.78, 5) is 2.15. The van der Waals surface area contributed by atoms with Crippen molar-refractivity contribution in [3.05, 3.63) is 42.5 Å². The lowest BCUT2D eigenvalue weighted by Crippen LogP contribution is -2.33. The largest absolute Gasteiger partial charge is 0.491 e. The number of nitrogens with zero attached hydrogens (tertiary/aromatic N) is 1. The number of aliphatic hydroxyl groups excluding tert-OH is 1. The lowest BCUT2D eigenvalue weighted by Gasteiger charge is -2.21. The van der Waals surface area contributed by atoms with E-state index in [0.717, 1.165) is 30.7 Å². The van der Waals surface area contributed by atoms with Crippen molar-refractivity contribution in [2.45, 2.75) is 32.3 Å². The Morgan fingerprint density at radius 1 is 1.40 bits per heavy atom. The Morgan fingerprint density at radius 3 is 2.85 bits per heavy atom. The van der Waals surface area contributed by atoms with Crippen molar-refractivity contribution in [1.29, 1.82) is 0 Å². The Bertz CT molecular complexity index is 392. The average Bonchev–Trinajstić information content (AvgIpc) is 2.44. The van der Waals surface area contributed by atoms with E-state index in [1.165, 1.54) is 6.42 Å². The number of aliphatic hydroxyl groups is 1. The zero-order chi connectivity index (χ0) is 14.8. The molecule has 0 spiro atoms. The number of likely N-dealkylation sites (N-methyl/N-ethyl adjacent to an activating group) is 1. The number of ether oxygens (including phenoxy) is 1. The van der Waals surface area contributed by atoms with Crippen LogP contribution in [-0.2, 0) is 6.42 Å². The van der Waals surface area contributed by atoms with Crippen LogP contribution < -0.4 is 4.74 Å². The molecule has 1 unspecified atom stereocenters. The summed E-state index contributed by atoms with van der Waals surface area (Å²) in [5.74, 6) is 0.836. The minimum absolute atomic E-state index is 0.324. The molecule has 20 heavy (non-hydrogen) atoms. The molecule has 1 aromatic carbocycles. The van der Waals surface area contributed by atoms with Crippen LogP contribution in [0.3, 0.4) is 0 Å². The second kappa shape index (κ2) is 9.56. The molecule has 0 aliphatic rings. The van der Waals surface area contributed by atoms with Crippen LogP contribution >= 0.6 is 0 Å². The molecule has 0 amide bonds. The monoisotopic (exact) mass is 277 g/mol. The summed E-state index contributed by atoms with van der Waals surface area (Å²) in [5, 5.41) is 10.0. The third-order valence-electron chi connectivity index (χ3n) is 3.18. The molecule has 0 saturated carbocycles. The highest BCUT2D eigenvalue weighted by Gasteiger charge is 2.10. The fourth-order valence-electron chi connectivity index (χ4n) is 2.09. The van der Waals surface area contributed by atoms with Gasteiger partial charge in [-0.25, -0.2) is 0 Å². The van der Waals surface area contributed by atoms with Gasteiger partial charge in [-0.2, -0.15) is 0 Å². The number of rotatable bonds is 10. The van der Waals surface area contributed by atoms with Crippen molar-refractivity contribution < 1.29 is 9.84 Å². The van der Waals surface area contributed by atoms with Gasteiger partial charge in [0.2, 0.25) is 0 Å². The topological polar surface area (TPSA) is 32.7 Å². The van der Waals surface area contributed by atoms with Crippen LogP contribution in [0.4, 0.5) is 0 Å². The first-order valence-corrected chi connectivity index (χ1v) is 7.35. The van der Waals surface area contributed by atoms with Gasteiger partial charge in [0.05, 0.1) is 0 Å². The Balaban J connectivity index is 2.40. The standard InChI is InChI=1S/C17H27NO2/c1-4-6-12-18(3)13-16(19)14-20-17-11-8-7-10-15(17)9-5-2/h5,7-8,10-11,16,19H,2,4,6,9,12-14H2,1,3H3. The SMILES string of the molecule is C=CCc1ccccc1OCC(O)CN(C)CCCC. The van der Waals surface area contributed by atoms with Crippen molar-refractivity contribution in [3.8, 4) is 5.75 Å². The maximum absolute atomic E-state index is 10.0. The normalized spacial score (nSPS) is 12.4. The maximum Gasteiger partial charge on any atom is 0.122 e. The van der Waals surface area contributed by atoms with E-state index in [0.29, 0.717) is 13.2 Å². The number of para-hydroxylation sites is 1. The van der Waals surface area contributed by atoms with E-state index in [1.54, 1.807) is 0 Å². The van der Waals surface area contributed by atoms with Crippen LogP contribution in [0, 0.1) is 0 Å². The summed E-state index contributed by atoms with van der Waals surface area (Å²) in [7, 11) is 2.03. The van der Waals surface area contributed by atoms with E-state index >= 15 is 0 Å². The Kier molecular flexibility index (Phi) is 8.00. The van der Waals surface area contributed by atoms with Gasteiger partial charge in [0.1, 0.15) is 18.5 Å². The highest BCUT2D eigenvalue weighted by atomic mass is 16.5. The Hall–Kier alpha value is -1.32. The Morgan fingerprint density at radius 2 is 2.15 bits per heavy atom. The van der Waals surface area contributed by atoms with Crippen LogP contribution in [-0.4, -0.2) is 42.9 Å². The predicted octanol–water partition coefficient (Wildman–Crippen LogP) is 2.89. The molecule has 1 N–H and O–H groups in total. The summed E-state index contributed by atoms with van der Waals surface area (Å²) in [5.41, 5.74) is 1.11. The van der Waals surface area contributed by atoms with Crippen LogP contribution in [0.15, 0.2) is 36.9 Å². The summed E-state index contributed by atoms with van der Waals surface area (Å²) < 4.78 is 5.73. The first kappa shape index (κ1) is 16.7. The summed E-state index contributed by atoms with van der Waals surface area (Å²) in [6.45, 7) is 7.90. The summed E-state index contributed by atoms with van der Waals surface area (Å²) >= 11 is 0. The molecular weight excluding hydrogens is 250 g/mol. The van der Waals surface area contributed by atoms with E-state index < -0.39 is 6.10 Å². The molecule has 1 atom stereocenters. The van der Waals surface area contributed by atoms with Crippen LogP contribution in [0.5, 0.6) is 5.75 Å². The van der Waals surface area contributed by atoms with Gasteiger partial charge in [0.15, 0.2) is 0 Å². The molecule has 1 aromatic rings. The zero-order valence-electron chi connectivity index (χ0n) is 12.7. The fraction of sp³-hybridized carbons (Fsp3) is 0.529.